The molecule has 21 heavy (non-hydrogen) atoms. The van der Waals surface area contributed by atoms with Crippen molar-refractivity contribution in [3.63, 3.8) is 0 Å². The Morgan fingerprint density at radius 3 is 2.90 bits per heavy atom. The molecule has 0 atom stereocenters. The third-order valence-electron chi connectivity index (χ3n) is 3.58. The van der Waals surface area contributed by atoms with Gasteiger partial charge in [0, 0.05) is 12.1 Å². The van der Waals surface area contributed by atoms with Gasteiger partial charge in [-0.15, -0.1) is 0 Å². The molecule has 1 amide bonds. The van der Waals surface area contributed by atoms with Crippen LogP contribution >= 0.6 is 27.5 Å². The SMILES string of the molecule is O=C(Nc1cccc(Cl)c1Br)c1cccc2c1CCNC2. The van der Waals surface area contributed by atoms with Crippen LogP contribution in [0.3, 0.4) is 0 Å². The van der Waals surface area contributed by atoms with E-state index in [1.165, 1.54) is 5.56 Å². The topological polar surface area (TPSA) is 41.1 Å². The number of benzene rings is 2. The molecule has 0 fully saturated rings. The highest BCUT2D eigenvalue weighted by Gasteiger charge is 2.18. The number of rotatable bonds is 2. The Morgan fingerprint density at radius 2 is 2.05 bits per heavy atom. The monoisotopic (exact) mass is 364 g/mol. The Kier molecular flexibility index (Phi) is 4.29. The quantitative estimate of drug-likeness (QED) is 0.844. The Morgan fingerprint density at radius 1 is 1.24 bits per heavy atom. The average molecular weight is 366 g/mol. The minimum absolute atomic E-state index is 0.100. The van der Waals surface area contributed by atoms with Gasteiger partial charge in [-0.2, -0.15) is 0 Å². The van der Waals surface area contributed by atoms with Gasteiger partial charge in [0.05, 0.1) is 15.2 Å². The van der Waals surface area contributed by atoms with Crippen LogP contribution in [-0.2, 0) is 13.0 Å². The fourth-order valence-electron chi connectivity index (χ4n) is 2.53. The molecule has 1 aliphatic heterocycles. The van der Waals surface area contributed by atoms with Crippen LogP contribution in [0, 0.1) is 0 Å². The van der Waals surface area contributed by atoms with Crippen molar-refractivity contribution < 1.29 is 4.79 Å². The molecule has 108 valence electrons. The summed E-state index contributed by atoms with van der Waals surface area (Å²) in [6.45, 7) is 1.72. The first-order valence-electron chi connectivity index (χ1n) is 6.73. The van der Waals surface area contributed by atoms with E-state index in [1.807, 2.05) is 24.3 Å². The van der Waals surface area contributed by atoms with E-state index >= 15 is 0 Å². The van der Waals surface area contributed by atoms with E-state index in [0.717, 1.165) is 30.6 Å². The molecule has 0 saturated carbocycles. The fraction of sp³-hybridized carbons (Fsp3) is 0.188. The maximum atomic E-state index is 12.6. The van der Waals surface area contributed by atoms with E-state index in [0.29, 0.717) is 15.2 Å². The number of anilines is 1. The molecule has 0 spiro atoms. The minimum Gasteiger partial charge on any atom is -0.321 e. The number of hydrogen-bond donors (Lipinski definition) is 2. The number of amides is 1. The number of fused-ring (bicyclic) bond motifs is 1. The third kappa shape index (κ3) is 2.98. The molecule has 1 aliphatic rings. The minimum atomic E-state index is -0.100. The Bertz CT molecular complexity index is 703. The average Bonchev–Trinajstić information content (AvgIpc) is 2.51. The summed E-state index contributed by atoms with van der Waals surface area (Å²) in [5, 5.41) is 6.82. The summed E-state index contributed by atoms with van der Waals surface area (Å²) < 4.78 is 0.700. The molecule has 1 heterocycles. The van der Waals surface area contributed by atoms with Crippen molar-refractivity contribution in [2.75, 3.05) is 11.9 Å². The van der Waals surface area contributed by atoms with E-state index in [1.54, 1.807) is 6.07 Å². The van der Waals surface area contributed by atoms with Crippen LogP contribution in [0.2, 0.25) is 5.02 Å². The van der Waals surface area contributed by atoms with Gasteiger partial charge in [-0.25, -0.2) is 0 Å². The van der Waals surface area contributed by atoms with E-state index in [2.05, 4.69) is 32.6 Å². The lowest BCUT2D eigenvalue weighted by atomic mass is 9.95. The molecule has 0 radical (unpaired) electrons. The number of halogens is 2. The fourth-order valence-corrected chi connectivity index (χ4v) is 3.07. The molecule has 5 heteroatoms. The number of hydrogen-bond acceptors (Lipinski definition) is 2. The second kappa shape index (κ2) is 6.18. The lowest BCUT2D eigenvalue weighted by Crippen LogP contribution is -2.26. The molecule has 3 nitrogen and oxygen atoms in total. The van der Waals surface area contributed by atoms with Crippen molar-refractivity contribution in [3.05, 3.63) is 62.6 Å². The molecule has 0 saturated heterocycles. The van der Waals surface area contributed by atoms with E-state index < -0.39 is 0 Å². The molecule has 2 aromatic carbocycles. The number of carbonyl (C=O) groups excluding carboxylic acids is 1. The van der Waals surface area contributed by atoms with Crippen molar-refractivity contribution >= 4 is 39.1 Å². The van der Waals surface area contributed by atoms with Gasteiger partial charge in [0.2, 0.25) is 0 Å². The summed E-state index contributed by atoms with van der Waals surface area (Å²) in [7, 11) is 0. The second-order valence-electron chi connectivity index (χ2n) is 4.93. The van der Waals surface area contributed by atoms with Crippen LogP contribution in [0.5, 0.6) is 0 Å². The van der Waals surface area contributed by atoms with Crippen molar-refractivity contribution in [1.82, 2.24) is 5.32 Å². The Labute approximate surface area is 136 Å². The van der Waals surface area contributed by atoms with Crippen LogP contribution in [0.4, 0.5) is 5.69 Å². The third-order valence-corrected chi connectivity index (χ3v) is 4.98. The van der Waals surface area contributed by atoms with Gasteiger partial charge < -0.3 is 10.6 Å². The molecular weight excluding hydrogens is 352 g/mol. The molecule has 0 aliphatic carbocycles. The highest BCUT2D eigenvalue weighted by atomic mass is 79.9. The lowest BCUT2D eigenvalue weighted by Gasteiger charge is -2.20. The highest BCUT2D eigenvalue weighted by Crippen LogP contribution is 2.30. The maximum Gasteiger partial charge on any atom is 0.255 e. The normalized spacial score (nSPS) is 13.6. The van der Waals surface area contributed by atoms with Crippen LogP contribution in [0.15, 0.2) is 40.9 Å². The van der Waals surface area contributed by atoms with Crippen LogP contribution < -0.4 is 10.6 Å². The number of nitrogens with one attached hydrogen (secondary N) is 2. The zero-order chi connectivity index (χ0) is 14.8. The Hall–Kier alpha value is -1.36. The first kappa shape index (κ1) is 14.6. The molecular formula is C16H14BrClN2O. The zero-order valence-corrected chi connectivity index (χ0v) is 13.6. The predicted octanol–water partition coefficient (Wildman–Crippen LogP) is 4.00. The van der Waals surface area contributed by atoms with E-state index in [4.69, 9.17) is 11.6 Å². The molecule has 2 N–H and O–H groups in total. The van der Waals surface area contributed by atoms with Crippen molar-refractivity contribution in [3.8, 4) is 0 Å². The van der Waals surface area contributed by atoms with Crippen LogP contribution in [0.25, 0.3) is 0 Å². The van der Waals surface area contributed by atoms with Crippen molar-refractivity contribution in [2.24, 2.45) is 0 Å². The van der Waals surface area contributed by atoms with E-state index in [-0.39, 0.29) is 5.91 Å². The van der Waals surface area contributed by atoms with E-state index in [9.17, 15) is 4.79 Å². The van der Waals surface area contributed by atoms with Crippen molar-refractivity contribution in [1.29, 1.82) is 0 Å². The van der Waals surface area contributed by atoms with Gasteiger partial charge in [0.1, 0.15) is 0 Å². The highest BCUT2D eigenvalue weighted by molar-refractivity contribution is 9.10. The maximum absolute atomic E-state index is 12.6. The number of carbonyl (C=O) groups is 1. The van der Waals surface area contributed by atoms with Crippen LogP contribution in [0.1, 0.15) is 21.5 Å². The smallest absolute Gasteiger partial charge is 0.255 e. The summed E-state index contributed by atoms with van der Waals surface area (Å²) in [5.41, 5.74) is 3.74. The summed E-state index contributed by atoms with van der Waals surface area (Å²) in [5.74, 6) is -0.100. The molecule has 3 rings (SSSR count). The molecule has 0 aromatic heterocycles. The van der Waals surface area contributed by atoms with Crippen molar-refractivity contribution in [2.45, 2.75) is 13.0 Å². The second-order valence-corrected chi connectivity index (χ2v) is 6.13. The predicted molar refractivity (Wildman–Crippen MR) is 89.0 cm³/mol. The Balaban J connectivity index is 1.91. The van der Waals surface area contributed by atoms with Gasteiger partial charge >= 0.3 is 0 Å². The van der Waals surface area contributed by atoms with Gasteiger partial charge in [0.25, 0.3) is 5.91 Å². The van der Waals surface area contributed by atoms with Gasteiger partial charge in [-0.05, 0) is 58.2 Å². The summed E-state index contributed by atoms with van der Waals surface area (Å²) in [4.78, 5) is 12.6. The molecule has 0 unspecified atom stereocenters. The van der Waals surface area contributed by atoms with Gasteiger partial charge in [0.15, 0.2) is 0 Å². The first-order chi connectivity index (χ1) is 10.2. The van der Waals surface area contributed by atoms with Crippen LogP contribution in [-0.4, -0.2) is 12.5 Å². The summed E-state index contributed by atoms with van der Waals surface area (Å²) >= 11 is 9.45. The zero-order valence-electron chi connectivity index (χ0n) is 11.2. The van der Waals surface area contributed by atoms with Gasteiger partial charge in [-0.3, -0.25) is 4.79 Å². The van der Waals surface area contributed by atoms with Gasteiger partial charge in [-0.1, -0.05) is 29.8 Å². The standard InChI is InChI=1S/C16H14BrClN2O/c17-15-13(18)5-2-6-14(15)20-16(21)12-4-1-3-10-9-19-8-7-11(10)12/h1-6,19H,7-9H2,(H,20,21). The molecule has 2 aromatic rings. The summed E-state index contributed by atoms with van der Waals surface area (Å²) in [6.07, 6.45) is 0.871. The summed E-state index contributed by atoms with van der Waals surface area (Å²) in [6, 6.07) is 11.3. The first-order valence-corrected chi connectivity index (χ1v) is 7.91. The largest absolute Gasteiger partial charge is 0.321 e. The molecule has 0 bridgehead atoms. The lowest BCUT2D eigenvalue weighted by molar-refractivity contribution is 0.102.